The Kier molecular flexibility index (Phi) is 5.64. The number of methoxy groups -OCH3 is 1. The van der Waals surface area contributed by atoms with Crippen molar-refractivity contribution in [2.24, 2.45) is 0 Å². The lowest BCUT2D eigenvalue weighted by Crippen LogP contribution is -2.38. The molecule has 0 heterocycles. The molecular formula is C11H16BrClN2O3S. The second-order valence-corrected chi connectivity index (χ2v) is 7.33. The van der Waals surface area contributed by atoms with Crippen molar-refractivity contribution in [3.63, 3.8) is 0 Å². The zero-order valence-corrected chi connectivity index (χ0v) is 14.0. The smallest absolute Gasteiger partial charge is 0.244 e. The van der Waals surface area contributed by atoms with Gasteiger partial charge in [-0.3, -0.25) is 0 Å². The molecule has 0 spiro atoms. The quantitative estimate of drug-likeness (QED) is 0.806. The van der Waals surface area contributed by atoms with Gasteiger partial charge in [-0.15, -0.1) is 0 Å². The predicted molar refractivity (Wildman–Crippen MR) is 79.9 cm³/mol. The fourth-order valence-corrected chi connectivity index (χ4v) is 4.11. The molecule has 0 bridgehead atoms. The first-order valence-corrected chi connectivity index (χ1v) is 8.04. The van der Waals surface area contributed by atoms with Gasteiger partial charge in [0.1, 0.15) is 0 Å². The number of hydrogen-bond donors (Lipinski definition) is 1. The average molecular weight is 372 g/mol. The van der Waals surface area contributed by atoms with Crippen LogP contribution in [0.4, 0.5) is 5.69 Å². The lowest BCUT2D eigenvalue weighted by Gasteiger charge is -2.24. The molecule has 0 aliphatic heterocycles. The van der Waals surface area contributed by atoms with Crippen LogP contribution in [0.15, 0.2) is 21.5 Å². The van der Waals surface area contributed by atoms with Gasteiger partial charge in [-0.25, -0.2) is 8.42 Å². The van der Waals surface area contributed by atoms with E-state index in [1.807, 2.05) is 0 Å². The van der Waals surface area contributed by atoms with Crippen molar-refractivity contribution in [2.75, 3.05) is 26.5 Å². The van der Waals surface area contributed by atoms with Gasteiger partial charge in [0.15, 0.2) is 0 Å². The van der Waals surface area contributed by atoms with E-state index in [0.29, 0.717) is 11.1 Å². The SMILES string of the molecule is COCC(C)N(C)S(=O)(=O)c1cc(Cl)cc(N)c1Br. The van der Waals surface area contributed by atoms with Crippen LogP contribution in [0.5, 0.6) is 0 Å². The summed E-state index contributed by atoms with van der Waals surface area (Å²) < 4.78 is 31.5. The van der Waals surface area contributed by atoms with Crippen molar-refractivity contribution >= 4 is 43.2 Å². The number of rotatable bonds is 5. The fraction of sp³-hybridized carbons (Fsp3) is 0.455. The number of halogens is 2. The minimum absolute atomic E-state index is 0.0444. The Bertz CT molecular complexity index is 565. The number of nitrogens with two attached hydrogens (primary N) is 1. The Balaban J connectivity index is 3.28. The third-order valence-electron chi connectivity index (χ3n) is 2.72. The van der Waals surface area contributed by atoms with E-state index in [1.165, 1.54) is 30.6 Å². The molecule has 108 valence electrons. The van der Waals surface area contributed by atoms with Crippen LogP contribution in [0.25, 0.3) is 0 Å². The Morgan fingerprint density at radius 1 is 1.53 bits per heavy atom. The van der Waals surface area contributed by atoms with E-state index in [-0.39, 0.29) is 21.6 Å². The molecular weight excluding hydrogens is 356 g/mol. The summed E-state index contributed by atoms with van der Waals surface area (Å²) >= 11 is 9.05. The van der Waals surface area contributed by atoms with Crippen LogP contribution in [0.1, 0.15) is 6.92 Å². The number of nitrogen functional groups attached to an aromatic ring is 1. The summed E-state index contributed by atoms with van der Waals surface area (Å²) in [6, 6.07) is 2.55. The van der Waals surface area contributed by atoms with Crippen LogP contribution in [-0.4, -0.2) is 39.5 Å². The Morgan fingerprint density at radius 2 is 2.11 bits per heavy atom. The van der Waals surface area contributed by atoms with E-state index in [4.69, 9.17) is 22.1 Å². The molecule has 2 N–H and O–H groups in total. The van der Waals surface area contributed by atoms with Gasteiger partial charge in [0.05, 0.1) is 16.0 Å². The third-order valence-corrected chi connectivity index (χ3v) is 6.08. The predicted octanol–water partition coefficient (Wildman–Crippen LogP) is 2.34. The van der Waals surface area contributed by atoms with Crippen molar-refractivity contribution in [1.29, 1.82) is 0 Å². The van der Waals surface area contributed by atoms with Gasteiger partial charge in [-0.1, -0.05) is 11.6 Å². The average Bonchev–Trinajstić information content (AvgIpc) is 2.32. The fourth-order valence-electron chi connectivity index (χ4n) is 1.51. The number of benzene rings is 1. The first kappa shape index (κ1) is 16.7. The Labute approximate surface area is 126 Å². The van der Waals surface area contributed by atoms with Crippen molar-refractivity contribution < 1.29 is 13.2 Å². The van der Waals surface area contributed by atoms with Crippen LogP contribution in [0.3, 0.4) is 0 Å². The second kappa shape index (κ2) is 6.41. The van der Waals surface area contributed by atoms with E-state index in [0.717, 1.165) is 0 Å². The first-order valence-electron chi connectivity index (χ1n) is 5.43. The molecule has 0 amide bonds. The summed E-state index contributed by atoms with van der Waals surface area (Å²) in [7, 11) is -0.687. The van der Waals surface area contributed by atoms with E-state index < -0.39 is 10.0 Å². The second-order valence-electron chi connectivity index (χ2n) is 4.13. The number of sulfonamides is 1. The first-order chi connectivity index (χ1) is 8.71. The number of nitrogens with zero attached hydrogens (tertiary/aromatic N) is 1. The van der Waals surface area contributed by atoms with Crippen LogP contribution >= 0.6 is 27.5 Å². The van der Waals surface area contributed by atoms with Crippen LogP contribution in [0.2, 0.25) is 5.02 Å². The molecule has 1 rings (SSSR count). The molecule has 0 aliphatic carbocycles. The van der Waals surface area contributed by atoms with E-state index >= 15 is 0 Å². The molecule has 1 unspecified atom stereocenters. The number of anilines is 1. The summed E-state index contributed by atoms with van der Waals surface area (Å²) in [5.74, 6) is 0. The van der Waals surface area contributed by atoms with E-state index in [1.54, 1.807) is 6.92 Å². The molecule has 1 aromatic rings. The maximum absolute atomic E-state index is 12.5. The van der Waals surface area contributed by atoms with Gasteiger partial charge in [0, 0.05) is 30.9 Å². The van der Waals surface area contributed by atoms with Crippen molar-refractivity contribution in [3.05, 3.63) is 21.6 Å². The normalized spacial score (nSPS) is 13.8. The van der Waals surface area contributed by atoms with Crippen LogP contribution < -0.4 is 5.73 Å². The molecule has 0 saturated carbocycles. The van der Waals surface area contributed by atoms with Gasteiger partial charge in [0.25, 0.3) is 0 Å². The van der Waals surface area contributed by atoms with Gasteiger partial charge in [-0.05, 0) is 35.0 Å². The summed E-state index contributed by atoms with van der Waals surface area (Å²) in [6.45, 7) is 2.05. The molecule has 0 fully saturated rings. The highest BCUT2D eigenvalue weighted by atomic mass is 79.9. The summed E-state index contributed by atoms with van der Waals surface area (Å²) in [6.07, 6.45) is 0. The molecule has 1 aromatic carbocycles. The Hall–Kier alpha value is -0.340. The highest BCUT2D eigenvalue weighted by Crippen LogP contribution is 2.33. The van der Waals surface area contributed by atoms with Crippen LogP contribution in [0, 0.1) is 0 Å². The van der Waals surface area contributed by atoms with E-state index in [2.05, 4.69) is 15.9 Å². The lowest BCUT2D eigenvalue weighted by atomic mass is 10.3. The molecule has 0 radical (unpaired) electrons. The number of ether oxygens (including phenoxy) is 1. The van der Waals surface area contributed by atoms with Crippen molar-refractivity contribution in [1.82, 2.24) is 4.31 Å². The number of likely N-dealkylation sites (N-methyl/N-ethyl adjacent to an activating group) is 1. The molecule has 0 aliphatic rings. The zero-order chi connectivity index (χ0) is 14.8. The molecule has 1 atom stereocenters. The number of hydrogen-bond acceptors (Lipinski definition) is 4. The largest absolute Gasteiger partial charge is 0.398 e. The standard InChI is InChI=1S/C11H16BrClN2O3S/c1-7(6-18-3)15(2)19(16,17)10-5-8(13)4-9(14)11(10)12/h4-5,7H,6,14H2,1-3H3. The maximum Gasteiger partial charge on any atom is 0.244 e. The summed E-state index contributed by atoms with van der Waals surface area (Å²) in [4.78, 5) is 0.0444. The topological polar surface area (TPSA) is 72.6 Å². The molecule has 8 heteroatoms. The van der Waals surface area contributed by atoms with Crippen LogP contribution in [-0.2, 0) is 14.8 Å². The van der Waals surface area contributed by atoms with Crippen molar-refractivity contribution in [2.45, 2.75) is 17.9 Å². The third kappa shape index (κ3) is 3.61. The molecule has 0 saturated heterocycles. The molecule has 5 nitrogen and oxygen atoms in total. The Morgan fingerprint density at radius 3 is 2.63 bits per heavy atom. The molecule has 0 aromatic heterocycles. The maximum atomic E-state index is 12.5. The lowest BCUT2D eigenvalue weighted by molar-refractivity contribution is 0.149. The monoisotopic (exact) mass is 370 g/mol. The van der Waals surface area contributed by atoms with Gasteiger partial charge in [0.2, 0.25) is 10.0 Å². The van der Waals surface area contributed by atoms with Gasteiger partial charge >= 0.3 is 0 Å². The zero-order valence-electron chi connectivity index (χ0n) is 10.9. The molecule has 19 heavy (non-hydrogen) atoms. The minimum atomic E-state index is -3.69. The van der Waals surface area contributed by atoms with Gasteiger partial charge < -0.3 is 10.5 Å². The summed E-state index contributed by atoms with van der Waals surface area (Å²) in [5.41, 5.74) is 5.99. The highest BCUT2D eigenvalue weighted by molar-refractivity contribution is 9.10. The van der Waals surface area contributed by atoms with Crippen molar-refractivity contribution in [3.8, 4) is 0 Å². The minimum Gasteiger partial charge on any atom is -0.398 e. The summed E-state index contributed by atoms with van der Waals surface area (Å²) in [5, 5.41) is 0.270. The van der Waals surface area contributed by atoms with Gasteiger partial charge in [-0.2, -0.15) is 4.31 Å². The van der Waals surface area contributed by atoms with E-state index in [9.17, 15) is 8.42 Å². The highest BCUT2D eigenvalue weighted by Gasteiger charge is 2.28.